The Hall–Kier alpha value is -4.98. The summed E-state index contributed by atoms with van der Waals surface area (Å²) in [6.45, 7) is 0.380. The second-order valence-electron chi connectivity index (χ2n) is 9.37. The fraction of sp³-hybridized carbons (Fsp3) is 0.103. The summed E-state index contributed by atoms with van der Waals surface area (Å²) >= 11 is 0. The largest absolute Gasteiger partial charge is 0.412 e. The summed E-state index contributed by atoms with van der Waals surface area (Å²) in [7, 11) is 3.99. The van der Waals surface area contributed by atoms with E-state index in [1.807, 2.05) is 73.9 Å². The lowest BCUT2D eigenvalue weighted by Gasteiger charge is -2.13. The molecule has 0 bridgehead atoms. The molecule has 0 unspecified atom stereocenters. The van der Waals surface area contributed by atoms with E-state index in [0.717, 1.165) is 65.2 Å². The van der Waals surface area contributed by atoms with Gasteiger partial charge in [-0.25, -0.2) is 9.79 Å². The van der Waals surface area contributed by atoms with Gasteiger partial charge in [0.1, 0.15) is 5.75 Å². The second-order valence-corrected chi connectivity index (χ2v) is 9.37. The van der Waals surface area contributed by atoms with E-state index in [-0.39, 0.29) is 0 Å². The molecule has 8 heteroatoms. The van der Waals surface area contributed by atoms with Crippen molar-refractivity contribution < 1.29 is 9.53 Å². The van der Waals surface area contributed by atoms with Crippen LogP contribution in [0.4, 0.5) is 16.2 Å². The van der Waals surface area contributed by atoms with E-state index in [4.69, 9.17) is 9.73 Å². The van der Waals surface area contributed by atoms with Gasteiger partial charge in [0.2, 0.25) is 0 Å². The highest BCUT2D eigenvalue weighted by Crippen LogP contribution is 2.38. The van der Waals surface area contributed by atoms with Crippen molar-refractivity contribution in [2.24, 2.45) is 15.2 Å². The molecule has 1 amide bonds. The summed E-state index contributed by atoms with van der Waals surface area (Å²) in [6.07, 6.45) is 5.29. The third kappa shape index (κ3) is 3.37. The van der Waals surface area contributed by atoms with E-state index >= 15 is 0 Å². The molecule has 0 fully saturated rings. The summed E-state index contributed by atoms with van der Waals surface area (Å²) < 4.78 is 5.64. The van der Waals surface area contributed by atoms with Gasteiger partial charge in [-0.2, -0.15) is 10.2 Å². The molecule has 37 heavy (non-hydrogen) atoms. The fourth-order valence-corrected chi connectivity index (χ4v) is 5.12. The molecule has 7 rings (SSSR count). The molecule has 8 nitrogen and oxygen atoms in total. The number of nitrogens with zero attached hydrogens (tertiary/aromatic N) is 4. The molecule has 3 heterocycles. The number of H-pyrrole nitrogens is 1. The zero-order valence-electron chi connectivity index (χ0n) is 20.2. The maximum atomic E-state index is 12.6. The van der Waals surface area contributed by atoms with Gasteiger partial charge in [-0.3, -0.25) is 0 Å². The normalized spacial score (nSPS) is 12.6. The summed E-state index contributed by atoms with van der Waals surface area (Å²) in [5.41, 5.74) is 4.01. The number of carbonyl (C=O) groups is 1. The van der Waals surface area contributed by atoms with Crippen LogP contribution >= 0.6 is 0 Å². The van der Waals surface area contributed by atoms with E-state index in [1.165, 1.54) is 0 Å². The molecule has 4 aromatic carbocycles. The van der Waals surface area contributed by atoms with Gasteiger partial charge in [0.05, 0.1) is 22.6 Å². The Morgan fingerprint density at radius 3 is 2.62 bits per heavy atom. The molecule has 180 valence electrons. The highest BCUT2D eigenvalue weighted by atomic mass is 16.6. The van der Waals surface area contributed by atoms with Gasteiger partial charge in [-0.1, -0.05) is 12.1 Å². The first kappa shape index (κ1) is 21.3. The molecule has 0 spiro atoms. The molecule has 0 aliphatic carbocycles. The van der Waals surface area contributed by atoms with Crippen molar-refractivity contribution in [1.29, 1.82) is 0 Å². The molecular weight excluding hydrogens is 464 g/mol. The number of hydrogen-bond donors (Lipinski definition) is 2. The Labute approximate surface area is 210 Å². The quantitative estimate of drug-likeness (QED) is 0.391. The van der Waals surface area contributed by atoms with Crippen molar-refractivity contribution in [2.75, 3.05) is 19.0 Å². The van der Waals surface area contributed by atoms with Gasteiger partial charge in [0.25, 0.3) is 0 Å². The Balaban J connectivity index is 1.26. The van der Waals surface area contributed by atoms with E-state index in [9.17, 15) is 4.79 Å². The van der Waals surface area contributed by atoms with Crippen LogP contribution in [0.1, 0.15) is 11.1 Å². The summed E-state index contributed by atoms with van der Waals surface area (Å²) in [5, 5.41) is 19.1. The number of nitrogens with one attached hydrogen (secondary N) is 2. The topological polar surface area (TPSA) is 94.4 Å². The number of rotatable bonds is 4. The minimum Gasteiger partial charge on any atom is -0.410 e. The smallest absolute Gasteiger partial charge is 0.410 e. The number of benzene rings is 4. The maximum Gasteiger partial charge on any atom is 0.412 e. The number of hydrogen-bond acceptors (Lipinski definition) is 6. The van der Waals surface area contributed by atoms with Crippen LogP contribution in [0, 0.1) is 10.4 Å². The number of amides is 1. The van der Waals surface area contributed by atoms with E-state index in [0.29, 0.717) is 12.3 Å². The zero-order chi connectivity index (χ0) is 25.1. The number of aromatic amines is 1. The Morgan fingerprint density at radius 1 is 0.973 bits per heavy atom. The monoisotopic (exact) mass is 486 g/mol. The molecular formula is C29H22N6O2. The van der Waals surface area contributed by atoms with Crippen molar-refractivity contribution >= 4 is 45.2 Å². The van der Waals surface area contributed by atoms with Gasteiger partial charge in [0.15, 0.2) is 0 Å². The van der Waals surface area contributed by atoms with Crippen LogP contribution in [0.25, 0.3) is 21.5 Å². The SMILES string of the molecule is CN(C)c1ccc(CNC(=O)Oc2ccc3c(c2)=c2c(c4ccc5c(c4c4c[nH]cc24)C=NN=5)N=3)cc1. The number of aromatic nitrogens is 1. The number of fused-ring (bicyclic) bond motifs is 9. The first-order chi connectivity index (χ1) is 18.1. The zero-order valence-corrected chi connectivity index (χ0v) is 20.2. The first-order valence-electron chi connectivity index (χ1n) is 12.0. The van der Waals surface area contributed by atoms with Crippen molar-refractivity contribution in [3.63, 3.8) is 0 Å². The molecule has 0 atom stereocenters. The van der Waals surface area contributed by atoms with Gasteiger partial charge in [0, 0.05) is 76.3 Å². The molecule has 2 N–H and O–H groups in total. The van der Waals surface area contributed by atoms with Crippen LogP contribution in [0.15, 0.2) is 82.2 Å². The van der Waals surface area contributed by atoms with Crippen molar-refractivity contribution in [3.8, 4) is 5.75 Å². The van der Waals surface area contributed by atoms with Gasteiger partial charge >= 0.3 is 6.09 Å². The highest BCUT2D eigenvalue weighted by Gasteiger charge is 2.19. The minimum atomic E-state index is -0.504. The van der Waals surface area contributed by atoms with E-state index in [1.54, 1.807) is 12.3 Å². The van der Waals surface area contributed by atoms with Crippen LogP contribution in [0.2, 0.25) is 0 Å². The molecule has 1 aromatic heterocycles. The Morgan fingerprint density at radius 2 is 1.78 bits per heavy atom. The summed E-state index contributed by atoms with van der Waals surface area (Å²) in [5.74, 6) is 0.464. The second kappa shape index (κ2) is 8.03. The average molecular weight is 487 g/mol. The molecule has 5 aromatic rings. The third-order valence-electron chi connectivity index (χ3n) is 6.92. The predicted octanol–water partition coefficient (Wildman–Crippen LogP) is 4.19. The standard InChI is InChI=1S/C29H22N6O2/c1-35(2)17-5-3-16(4-6-17)12-31-29(36)37-18-7-9-24-20(11-18)27-22-14-30-13-21(22)26-19(28(27)33-24)8-10-25-23(26)15-32-34-25/h3-11,13-15,30H,12H2,1-2H3,(H,31,36). The number of carbonyl (C=O) groups excluding carboxylic acids is 1. The average Bonchev–Trinajstić information content (AvgIpc) is 3.65. The van der Waals surface area contributed by atoms with Gasteiger partial charge in [-0.15, -0.1) is 0 Å². The van der Waals surface area contributed by atoms with Gasteiger partial charge in [-0.05, 0) is 48.0 Å². The van der Waals surface area contributed by atoms with Crippen molar-refractivity contribution in [1.82, 2.24) is 10.3 Å². The Bertz CT molecular complexity index is 2010. The predicted molar refractivity (Wildman–Crippen MR) is 143 cm³/mol. The van der Waals surface area contributed by atoms with E-state index in [2.05, 4.69) is 26.6 Å². The maximum absolute atomic E-state index is 12.6. The summed E-state index contributed by atoms with van der Waals surface area (Å²) in [6, 6.07) is 17.6. The Kier molecular flexibility index (Phi) is 4.62. The molecule has 0 radical (unpaired) electrons. The number of anilines is 1. The third-order valence-corrected chi connectivity index (χ3v) is 6.92. The van der Waals surface area contributed by atoms with Crippen LogP contribution in [-0.2, 0) is 6.54 Å². The van der Waals surface area contributed by atoms with Crippen LogP contribution in [0.3, 0.4) is 0 Å². The molecule has 2 aliphatic rings. The highest BCUT2D eigenvalue weighted by molar-refractivity contribution is 6.18. The molecule has 2 aliphatic heterocycles. The molecule has 0 saturated carbocycles. The lowest BCUT2D eigenvalue weighted by Crippen LogP contribution is -2.26. The minimum absolute atomic E-state index is 0.380. The van der Waals surface area contributed by atoms with Crippen LogP contribution in [-0.4, -0.2) is 31.4 Å². The lowest BCUT2D eigenvalue weighted by molar-refractivity contribution is 0.200. The van der Waals surface area contributed by atoms with Crippen molar-refractivity contribution in [2.45, 2.75) is 6.54 Å². The lowest BCUT2D eigenvalue weighted by atomic mass is 9.97. The van der Waals surface area contributed by atoms with E-state index < -0.39 is 6.09 Å². The van der Waals surface area contributed by atoms with Crippen molar-refractivity contribution in [3.05, 3.63) is 99.3 Å². The van der Waals surface area contributed by atoms with Crippen LogP contribution in [0.5, 0.6) is 5.75 Å². The summed E-state index contributed by atoms with van der Waals surface area (Å²) in [4.78, 5) is 22.8. The van der Waals surface area contributed by atoms with Crippen LogP contribution < -0.4 is 25.7 Å². The van der Waals surface area contributed by atoms with Gasteiger partial charge < -0.3 is 19.9 Å². The molecule has 0 saturated heterocycles. The number of ether oxygens (including phenoxy) is 1. The fourth-order valence-electron chi connectivity index (χ4n) is 5.12. The first-order valence-corrected chi connectivity index (χ1v) is 12.0.